The largest absolute Gasteiger partial charge is 0.508 e. The van der Waals surface area contributed by atoms with Gasteiger partial charge >= 0.3 is 0 Å². The van der Waals surface area contributed by atoms with Crippen molar-refractivity contribution in [3.05, 3.63) is 163 Å². The van der Waals surface area contributed by atoms with Gasteiger partial charge in [0.2, 0.25) is 0 Å². The molecule has 1 aliphatic heterocycles. The molecule has 10 rings (SSSR count). The summed E-state index contributed by atoms with van der Waals surface area (Å²) >= 11 is 1.80. The van der Waals surface area contributed by atoms with Crippen LogP contribution in [0.1, 0.15) is 43.0 Å². The van der Waals surface area contributed by atoms with Crippen molar-refractivity contribution in [3.8, 4) is 17.3 Å². The molecule has 0 spiro atoms. The first-order chi connectivity index (χ1) is 26.6. The summed E-state index contributed by atoms with van der Waals surface area (Å²) in [5.41, 5.74) is 11.2. The molecule has 0 amide bonds. The second kappa shape index (κ2) is 13.7. The quantitative estimate of drug-likeness (QED) is 0.161. The van der Waals surface area contributed by atoms with E-state index in [2.05, 4.69) is 178 Å². The fourth-order valence-electron chi connectivity index (χ4n) is 8.31. The van der Waals surface area contributed by atoms with Crippen molar-refractivity contribution in [1.29, 1.82) is 0 Å². The summed E-state index contributed by atoms with van der Waals surface area (Å²) < 4.78 is 11.6. The molecule has 0 saturated heterocycles. The average Bonchev–Trinajstić information content (AvgIpc) is 3.85. The fourth-order valence-corrected chi connectivity index (χ4v) is 9.57. The summed E-state index contributed by atoms with van der Waals surface area (Å²) in [6.45, 7) is 15.4. The van der Waals surface area contributed by atoms with Crippen LogP contribution in [-0.2, 0) is 26.5 Å². The summed E-state index contributed by atoms with van der Waals surface area (Å²) in [5, 5.41) is 4.53. The molecule has 0 bridgehead atoms. The Kier molecular flexibility index (Phi) is 8.83. The Morgan fingerprint density at radius 2 is 1.41 bits per heavy atom. The van der Waals surface area contributed by atoms with Gasteiger partial charge in [0.05, 0.1) is 0 Å². The van der Waals surface area contributed by atoms with Crippen LogP contribution in [0.15, 0.2) is 121 Å². The van der Waals surface area contributed by atoms with E-state index in [0.29, 0.717) is 11.5 Å². The van der Waals surface area contributed by atoms with Gasteiger partial charge in [0, 0.05) is 66.0 Å². The van der Waals surface area contributed by atoms with Crippen molar-refractivity contribution in [3.63, 3.8) is 0 Å². The Labute approximate surface area is 346 Å². The molecule has 3 aromatic heterocycles. The zero-order valence-corrected chi connectivity index (χ0v) is 35.1. The zero-order chi connectivity index (χ0) is 37.6. The summed E-state index contributed by atoms with van der Waals surface area (Å²) in [6, 6.07) is 48.1. The molecule has 56 heavy (non-hydrogen) atoms. The number of anilines is 4. The smallest absolute Gasteiger partial charge is 0.135 e. The zero-order valence-electron chi connectivity index (χ0n) is 32.0. The van der Waals surface area contributed by atoms with Gasteiger partial charge in [-0.3, -0.25) is 0 Å². The van der Waals surface area contributed by atoms with Crippen molar-refractivity contribution in [2.24, 2.45) is 0 Å². The Bertz CT molecular complexity index is 2970. The molecule has 0 radical (unpaired) electrons. The molecular weight excluding hydrogens is 888 g/mol. The minimum absolute atomic E-state index is 0. The molecule has 0 unspecified atom stereocenters. The monoisotopic (exact) mass is 926 g/mol. The molecule has 4 heterocycles. The normalized spacial score (nSPS) is 12.9. The van der Waals surface area contributed by atoms with E-state index >= 15 is 0 Å². The average molecular weight is 927 g/mol. The molecule has 0 fully saturated rings. The Hall–Kier alpha value is -5.42. The minimum atomic E-state index is -0.0316. The topological polar surface area (TPSA) is 33.5 Å². The number of pyridine rings is 1. The van der Waals surface area contributed by atoms with Crippen LogP contribution in [0.2, 0.25) is 0 Å². The van der Waals surface area contributed by atoms with E-state index in [1.165, 1.54) is 42.7 Å². The molecule has 9 aromatic rings. The number of thiophene rings is 1. The van der Waals surface area contributed by atoms with Crippen molar-refractivity contribution in [2.45, 2.75) is 47.0 Å². The van der Waals surface area contributed by atoms with Crippen LogP contribution in [0.25, 0.3) is 47.8 Å². The number of nitrogens with zero attached hydrogens (tertiary/aromatic N) is 4. The Balaban J connectivity index is 0.00000410. The number of ether oxygens (including phenoxy) is 1. The standard InChI is InChI=1S/C49H39N4OS.Pt/c1-30-24-31(2)47(32(3)25-30)52-29-51(39-19-10-11-20-40(39)52)34-14-13-15-35(27-34)54-42-28-41-45(48-46(42)37-17-8-12-21-43(37)55-48)36-16-7-9-18-38(36)53(41)44-26-33(22-23-50-44)49(4,5)6;/h7-26,29H,1-6H3;/q-3;. The number of hydrogen-bond acceptors (Lipinski definition) is 5. The molecule has 6 aromatic carbocycles. The van der Waals surface area contributed by atoms with Gasteiger partial charge in [-0.05, 0) is 84.7 Å². The van der Waals surface area contributed by atoms with E-state index in [1.54, 1.807) is 11.3 Å². The summed E-state index contributed by atoms with van der Waals surface area (Å²) in [4.78, 5) is 9.44. The predicted molar refractivity (Wildman–Crippen MR) is 230 cm³/mol. The fraction of sp³-hybridized carbons (Fsp3) is 0.143. The summed E-state index contributed by atoms with van der Waals surface area (Å²) in [7, 11) is 0. The molecular formula is C49H39N4OPtS-3. The Morgan fingerprint density at radius 3 is 2.18 bits per heavy atom. The van der Waals surface area contributed by atoms with Gasteiger partial charge in [-0.25, -0.2) is 4.98 Å². The van der Waals surface area contributed by atoms with E-state index in [9.17, 15) is 0 Å². The molecule has 7 heteroatoms. The summed E-state index contributed by atoms with van der Waals surface area (Å²) in [5.74, 6) is 2.15. The molecule has 0 aliphatic carbocycles. The SMILES string of the molecule is Cc1cc(C)c(N2[CH-]N(c3[c-]c(Oc4[c-]c5c(c6ccccc6n5-c5cc(C(C)(C)C)ccn5)c5sc6ccccc6c45)ccc3)c3ccccc32)c(C)c1.[Pt]. The van der Waals surface area contributed by atoms with Gasteiger partial charge in [0.25, 0.3) is 0 Å². The van der Waals surface area contributed by atoms with Crippen LogP contribution < -0.4 is 14.5 Å². The van der Waals surface area contributed by atoms with Gasteiger partial charge in [-0.2, -0.15) is 17.4 Å². The van der Waals surface area contributed by atoms with Gasteiger partial charge in [-0.15, -0.1) is 36.6 Å². The number of aryl methyl sites for hydroxylation is 3. The number of aromatic nitrogens is 2. The van der Waals surface area contributed by atoms with E-state index in [-0.39, 0.29) is 26.5 Å². The molecule has 280 valence electrons. The van der Waals surface area contributed by atoms with Crippen LogP contribution >= 0.6 is 11.3 Å². The second-order valence-corrected chi connectivity index (χ2v) is 16.6. The van der Waals surface area contributed by atoms with Crippen molar-refractivity contribution in [2.75, 3.05) is 9.80 Å². The number of para-hydroxylation sites is 3. The van der Waals surface area contributed by atoms with Crippen molar-refractivity contribution in [1.82, 2.24) is 9.55 Å². The number of fused-ring (bicyclic) bond motifs is 8. The molecule has 1 aliphatic rings. The van der Waals surface area contributed by atoms with E-state index in [1.807, 2.05) is 18.3 Å². The number of rotatable bonds is 5. The van der Waals surface area contributed by atoms with Crippen molar-refractivity contribution >= 4 is 76.1 Å². The van der Waals surface area contributed by atoms with Gasteiger partial charge in [-0.1, -0.05) is 113 Å². The van der Waals surface area contributed by atoms with Crippen LogP contribution in [0.4, 0.5) is 22.7 Å². The number of hydrogen-bond donors (Lipinski definition) is 0. The van der Waals surface area contributed by atoms with Gasteiger partial charge in [0.15, 0.2) is 0 Å². The maximum absolute atomic E-state index is 6.99. The number of benzene rings is 6. The van der Waals surface area contributed by atoms with Gasteiger partial charge < -0.3 is 19.1 Å². The third-order valence-corrected chi connectivity index (χ3v) is 11.9. The van der Waals surface area contributed by atoms with Crippen molar-refractivity contribution < 1.29 is 25.8 Å². The first kappa shape index (κ1) is 36.2. The van der Waals surface area contributed by atoms with E-state index in [0.717, 1.165) is 50.1 Å². The van der Waals surface area contributed by atoms with E-state index in [4.69, 9.17) is 9.72 Å². The van der Waals surface area contributed by atoms with Gasteiger partial charge in [0.1, 0.15) is 5.82 Å². The molecule has 0 atom stereocenters. The first-order valence-electron chi connectivity index (χ1n) is 18.7. The van der Waals surface area contributed by atoms with Crippen LogP contribution in [-0.4, -0.2) is 9.55 Å². The predicted octanol–water partition coefficient (Wildman–Crippen LogP) is 13.6. The van der Waals surface area contributed by atoms with Crippen LogP contribution in [0.5, 0.6) is 11.5 Å². The van der Waals surface area contributed by atoms with Crippen LogP contribution in [0.3, 0.4) is 0 Å². The Morgan fingerprint density at radius 1 is 0.714 bits per heavy atom. The summed E-state index contributed by atoms with van der Waals surface area (Å²) in [6.07, 6.45) is 1.92. The molecule has 0 N–H and O–H groups in total. The molecule has 0 saturated carbocycles. The maximum atomic E-state index is 6.99. The van der Waals surface area contributed by atoms with E-state index < -0.39 is 0 Å². The second-order valence-electron chi connectivity index (χ2n) is 15.6. The third-order valence-electron chi connectivity index (χ3n) is 10.7. The molecule has 5 nitrogen and oxygen atoms in total. The third kappa shape index (κ3) is 5.81. The minimum Gasteiger partial charge on any atom is -0.508 e. The first-order valence-corrected chi connectivity index (χ1v) is 19.5. The van der Waals surface area contributed by atoms with Crippen LogP contribution in [0, 0.1) is 39.6 Å². The maximum Gasteiger partial charge on any atom is 0.135 e.